The molecule has 0 saturated carbocycles. The van der Waals surface area contributed by atoms with Crippen molar-refractivity contribution >= 4 is 56.6 Å². The van der Waals surface area contributed by atoms with E-state index in [0.29, 0.717) is 0 Å². The molecule has 0 fully saturated rings. The van der Waals surface area contributed by atoms with Crippen molar-refractivity contribution in [3.05, 3.63) is 155 Å². The molecule has 2 atom stereocenters. The number of allylic oxidation sites excluding steroid dienone is 2. The zero-order valence-electron chi connectivity index (χ0n) is 30.9. The molecule has 8 rings (SSSR count). The normalized spacial score (nSPS) is 17.6. The van der Waals surface area contributed by atoms with E-state index >= 15 is 0 Å². The summed E-state index contributed by atoms with van der Waals surface area (Å²) in [5, 5.41) is 5.12. The molecule has 0 nitrogen and oxygen atoms in total. The van der Waals surface area contributed by atoms with Gasteiger partial charge in [-0.1, -0.05) is 0 Å². The van der Waals surface area contributed by atoms with Crippen LogP contribution in [0, 0.1) is 0 Å². The third-order valence-corrected chi connectivity index (χ3v) is 64.2. The molecule has 52 heavy (non-hydrogen) atoms. The number of halogens is 2. The second kappa shape index (κ2) is 14.3. The summed E-state index contributed by atoms with van der Waals surface area (Å²) in [5.74, 6) is -1.68. The Morgan fingerprint density at radius 3 is 1.31 bits per heavy atom. The van der Waals surface area contributed by atoms with Gasteiger partial charge in [-0.05, 0) is 0 Å². The molecule has 263 valence electrons. The van der Waals surface area contributed by atoms with Gasteiger partial charge in [0.15, 0.2) is 0 Å². The zero-order valence-corrected chi connectivity index (χ0v) is 36.1. The van der Waals surface area contributed by atoms with E-state index in [9.17, 15) is 0 Å². The number of benzene rings is 6. The fraction of sp³-hybridized carbons (Fsp3) is 0.250. The van der Waals surface area contributed by atoms with Gasteiger partial charge >= 0.3 is 322 Å². The first-order chi connectivity index (χ1) is 25.3. The summed E-state index contributed by atoms with van der Waals surface area (Å²) in [4.78, 5) is 0. The fourth-order valence-electron chi connectivity index (χ4n) is 9.65. The summed E-state index contributed by atoms with van der Waals surface area (Å²) in [6.07, 6.45) is 11.7. The number of fused-ring (bicyclic) bond motifs is 4. The molecule has 0 saturated heterocycles. The second-order valence-corrected chi connectivity index (χ2v) is 58.1. The average molecular weight is 816 g/mol. The number of hydrogen-bond donors (Lipinski definition) is 0. The first kappa shape index (κ1) is 36.0. The minimum atomic E-state index is -4.94. The van der Waals surface area contributed by atoms with E-state index in [2.05, 4.69) is 160 Å². The van der Waals surface area contributed by atoms with Crippen molar-refractivity contribution in [2.45, 2.75) is 72.7 Å². The van der Waals surface area contributed by atoms with Crippen LogP contribution in [0.25, 0.3) is 56.0 Å². The summed E-state index contributed by atoms with van der Waals surface area (Å²) >= 11 is -4.94. The first-order valence-electron chi connectivity index (χ1n) is 19.5. The molecule has 0 aliphatic heterocycles. The van der Waals surface area contributed by atoms with E-state index in [4.69, 9.17) is 17.0 Å². The van der Waals surface area contributed by atoms with Crippen molar-refractivity contribution in [1.29, 1.82) is 0 Å². The third kappa shape index (κ3) is 5.80. The maximum absolute atomic E-state index is 8.89. The molecule has 4 heteroatoms. The van der Waals surface area contributed by atoms with Gasteiger partial charge in [0.25, 0.3) is 0 Å². The van der Waals surface area contributed by atoms with Gasteiger partial charge in [0, 0.05) is 0 Å². The van der Waals surface area contributed by atoms with Crippen LogP contribution >= 0.6 is 17.0 Å². The molecule has 0 amide bonds. The van der Waals surface area contributed by atoms with Crippen molar-refractivity contribution in [3.63, 3.8) is 0 Å². The van der Waals surface area contributed by atoms with Crippen molar-refractivity contribution in [2.75, 3.05) is 0 Å². The first-order valence-corrected chi connectivity index (χ1v) is 35.8. The van der Waals surface area contributed by atoms with Crippen LogP contribution in [-0.2, 0) is 15.6 Å². The van der Waals surface area contributed by atoms with Crippen LogP contribution < -0.4 is 0 Å². The third-order valence-electron chi connectivity index (χ3n) is 12.3. The van der Waals surface area contributed by atoms with Gasteiger partial charge in [-0.25, -0.2) is 0 Å². The van der Waals surface area contributed by atoms with E-state index in [1.165, 1.54) is 77.2 Å². The average Bonchev–Trinajstić information content (AvgIpc) is 3.75. The summed E-state index contributed by atoms with van der Waals surface area (Å²) in [5.41, 5.74) is 13.6. The van der Waals surface area contributed by atoms with Crippen LogP contribution in [0.3, 0.4) is 0 Å². The van der Waals surface area contributed by atoms with Crippen LogP contribution in [0.15, 0.2) is 132 Å². The number of unbranched alkanes of at least 4 members (excludes halogenated alkanes) is 2. The van der Waals surface area contributed by atoms with E-state index < -0.39 is 21.5 Å². The molecular weight excluding hydrogens is 767 g/mol. The Kier molecular flexibility index (Phi) is 9.93. The maximum atomic E-state index is 8.89. The molecule has 2 aliphatic rings. The van der Waals surface area contributed by atoms with Gasteiger partial charge in [0.05, 0.1) is 0 Å². The van der Waals surface area contributed by atoms with Gasteiger partial charge in [0.1, 0.15) is 0 Å². The Bertz CT molecular complexity index is 2210. The summed E-state index contributed by atoms with van der Waals surface area (Å²) in [7, 11) is 17.8. The molecule has 0 N–H and O–H groups in total. The Morgan fingerprint density at radius 1 is 0.500 bits per heavy atom. The molecular formula is C48H49Cl2SiZr. The topological polar surface area (TPSA) is 0 Å². The molecule has 0 aromatic heterocycles. The predicted molar refractivity (Wildman–Crippen MR) is 230 cm³/mol. The summed E-state index contributed by atoms with van der Waals surface area (Å²) in [6, 6.07) is 45.0. The quantitative estimate of drug-likeness (QED) is 0.114. The standard InChI is InChI=1S/2C23H21.C2H7Si.2ClH.Zr/c2*1-2-3-8-17-15-19-11-7-14-22(23(19)16-17)21-13-6-10-18-9-4-5-12-20(18)21;1-3-2;;;/h2*4-7,9-16H,2-3,8H2,1H3;3H,1-2H3;2*1H;/q;;;;;+2/p-2. The van der Waals surface area contributed by atoms with Crippen LogP contribution in [0.5, 0.6) is 0 Å². The van der Waals surface area contributed by atoms with E-state index in [-0.39, 0.29) is 7.25 Å². The van der Waals surface area contributed by atoms with Crippen LogP contribution in [0.2, 0.25) is 13.1 Å². The van der Waals surface area contributed by atoms with E-state index in [0.717, 1.165) is 38.5 Å². The fourth-order valence-corrected chi connectivity index (χ4v) is 41.2. The van der Waals surface area contributed by atoms with Crippen molar-refractivity contribution < 1.29 is 15.6 Å². The molecule has 6 aromatic carbocycles. The Balaban J connectivity index is 1.36. The van der Waals surface area contributed by atoms with Crippen molar-refractivity contribution in [1.82, 2.24) is 0 Å². The molecule has 0 spiro atoms. The minimum absolute atomic E-state index is 0.0927. The summed E-state index contributed by atoms with van der Waals surface area (Å²) in [6.45, 7) is 9.58. The molecule has 0 bridgehead atoms. The van der Waals surface area contributed by atoms with Crippen LogP contribution in [0.1, 0.15) is 81.9 Å². The molecule has 2 aliphatic carbocycles. The zero-order chi connectivity index (χ0) is 36.1. The Hall–Kier alpha value is -3.00. The molecule has 0 heterocycles. The van der Waals surface area contributed by atoms with Crippen LogP contribution in [0.4, 0.5) is 0 Å². The predicted octanol–water partition coefficient (Wildman–Crippen LogP) is 15.3. The number of rotatable bonds is 11. The van der Waals surface area contributed by atoms with E-state index in [1.54, 1.807) is 0 Å². The number of hydrogen-bond acceptors (Lipinski definition) is 0. The van der Waals surface area contributed by atoms with Crippen molar-refractivity contribution in [2.24, 2.45) is 0 Å². The molecule has 2 unspecified atom stereocenters. The monoisotopic (exact) mass is 813 g/mol. The molecule has 6 aromatic rings. The second-order valence-electron chi connectivity index (χ2n) is 15.6. The van der Waals surface area contributed by atoms with Gasteiger partial charge < -0.3 is 0 Å². The van der Waals surface area contributed by atoms with Gasteiger partial charge in [0.2, 0.25) is 0 Å². The van der Waals surface area contributed by atoms with Crippen LogP contribution in [-0.4, -0.2) is 5.92 Å². The SMILES string of the molecule is CCCCC1=Cc2c(-c3cccc4ccccc34)cccc2[CH]1[Zr]([Cl])([Cl])([CH]1C(CCCC)=Cc2c(-c3cccc4ccccc34)cccc21)[SiH](C)C. The van der Waals surface area contributed by atoms with E-state index in [1.807, 2.05) is 0 Å². The Morgan fingerprint density at radius 2 is 0.885 bits per heavy atom. The summed E-state index contributed by atoms with van der Waals surface area (Å²) < 4.78 is 0.185. The van der Waals surface area contributed by atoms with Gasteiger partial charge in [-0.15, -0.1) is 0 Å². The Labute approximate surface area is 319 Å². The van der Waals surface area contributed by atoms with Crippen molar-refractivity contribution in [3.8, 4) is 22.3 Å². The van der Waals surface area contributed by atoms with Gasteiger partial charge in [-0.2, -0.15) is 0 Å². The molecule has 0 radical (unpaired) electrons. The van der Waals surface area contributed by atoms with Gasteiger partial charge in [-0.3, -0.25) is 0 Å².